The highest BCUT2D eigenvalue weighted by molar-refractivity contribution is 5.34. The Morgan fingerprint density at radius 1 is 0.938 bits per heavy atom. The van der Waals surface area contributed by atoms with E-state index in [4.69, 9.17) is 4.74 Å². The molecule has 0 aliphatic heterocycles. The Morgan fingerprint density at radius 2 is 1.62 bits per heavy atom. The Kier molecular flexibility index (Phi) is 3.22. The fourth-order valence-corrected chi connectivity index (χ4v) is 1.46. The molecule has 0 fully saturated rings. The normalized spacial score (nSPS) is 12.1. The summed E-state index contributed by atoms with van der Waals surface area (Å²) in [5, 5.41) is 11.3. The van der Waals surface area contributed by atoms with Crippen LogP contribution < -0.4 is 4.74 Å². The predicted molar refractivity (Wildman–Crippen MR) is 62.1 cm³/mol. The third-order valence-electron chi connectivity index (χ3n) is 2.31. The third kappa shape index (κ3) is 2.61. The van der Waals surface area contributed by atoms with Crippen LogP contribution in [-0.2, 0) is 5.11 Å². The van der Waals surface area contributed by atoms with Gasteiger partial charge in [-0.3, -0.25) is 0 Å². The van der Waals surface area contributed by atoms with Crippen LogP contribution >= 0.6 is 0 Å². The minimum atomic E-state index is -0.723. The fourth-order valence-electron chi connectivity index (χ4n) is 1.46. The maximum atomic E-state index is 11.3. The average molecular weight is 213 g/mol. The zero-order chi connectivity index (χ0) is 11.4. The van der Waals surface area contributed by atoms with Gasteiger partial charge >= 0.3 is 0 Å². The molecule has 2 heteroatoms. The molecule has 0 aliphatic rings. The van der Waals surface area contributed by atoms with Gasteiger partial charge in [0.1, 0.15) is 17.6 Å². The smallest absolute Gasteiger partial charge is 0.127 e. The molecule has 2 aromatic rings. The molecule has 2 aromatic carbocycles. The molecule has 16 heavy (non-hydrogen) atoms. The summed E-state index contributed by atoms with van der Waals surface area (Å²) in [5.41, 5.74) is 0.744. The first kappa shape index (κ1) is 10.7. The van der Waals surface area contributed by atoms with Gasteiger partial charge in [-0.1, -0.05) is 30.3 Å². The number of hydrogen-bond acceptors (Lipinski definition) is 1. The van der Waals surface area contributed by atoms with E-state index in [1.54, 1.807) is 13.0 Å². The van der Waals surface area contributed by atoms with E-state index in [1.807, 2.05) is 48.5 Å². The number of rotatable bonds is 3. The highest BCUT2D eigenvalue weighted by Gasteiger charge is 2.04. The molecule has 0 amide bonds. The van der Waals surface area contributed by atoms with Gasteiger partial charge in [-0.15, -0.1) is 0 Å². The summed E-state index contributed by atoms with van der Waals surface area (Å²) >= 11 is 0. The van der Waals surface area contributed by atoms with Crippen molar-refractivity contribution in [1.82, 2.24) is 0 Å². The largest absolute Gasteiger partial charge is 0.457 e. The third-order valence-corrected chi connectivity index (χ3v) is 2.31. The first-order valence-corrected chi connectivity index (χ1v) is 5.24. The summed E-state index contributed by atoms with van der Waals surface area (Å²) in [6, 6.07) is 16.8. The maximum Gasteiger partial charge on any atom is 0.127 e. The Labute approximate surface area is 95.1 Å². The van der Waals surface area contributed by atoms with Crippen LogP contribution in [0.5, 0.6) is 11.5 Å². The highest BCUT2D eigenvalue weighted by atomic mass is 16.5. The van der Waals surface area contributed by atoms with Gasteiger partial charge in [-0.25, -0.2) is 5.11 Å². The molecule has 0 heterocycles. The van der Waals surface area contributed by atoms with Crippen LogP contribution in [0.4, 0.5) is 0 Å². The topological polar surface area (TPSA) is 29.1 Å². The second-order valence-electron chi connectivity index (χ2n) is 3.63. The maximum absolute atomic E-state index is 11.3. The van der Waals surface area contributed by atoms with Gasteiger partial charge < -0.3 is 4.74 Å². The molecule has 81 valence electrons. The van der Waals surface area contributed by atoms with Gasteiger partial charge in [0, 0.05) is 0 Å². The van der Waals surface area contributed by atoms with Crippen LogP contribution in [0, 0.1) is 0 Å². The van der Waals surface area contributed by atoms with E-state index in [1.165, 1.54) is 0 Å². The lowest BCUT2D eigenvalue weighted by molar-refractivity contribution is 0.106. The van der Waals surface area contributed by atoms with E-state index in [2.05, 4.69) is 0 Å². The Morgan fingerprint density at radius 3 is 2.31 bits per heavy atom. The zero-order valence-corrected chi connectivity index (χ0v) is 9.09. The fraction of sp³-hybridized carbons (Fsp3) is 0.143. The van der Waals surface area contributed by atoms with Crippen molar-refractivity contribution in [2.24, 2.45) is 0 Å². The van der Waals surface area contributed by atoms with Crippen molar-refractivity contribution in [3.63, 3.8) is 0 Å². The standard InChI is InChI=1S/C14H13O2/c1-11(15)12-6-5-9-14(10-12)16-13-7-3-2-4-8-13/h2-11H,1H3/t11-/m0/s1. The van der Waals surface area contributed by atoms with E-state index in [-0.39, 0.29) is 0 Å². The molecule has 2 rings (SSSR count). The minimum Gasteiger partial charge on any atom is -0.457 e. The van der Waals surface area contributed by atoms with E-state index in [0.717, 1.165) is 11.3 Å². The summed E-state index contributed by atoms with van der Waals surface area (Å²) in [7, 11) is 0. The van der Waals surface area contributed by atoms with E-state index in [9.17, 15) is 5.11 Å². The van der Waals surface area contributed by atoms with Crippen LogP contribution in [0.2, 0.25) is 0 Å². The van der Waals surface area contributed by atoms with Crippen LogP contribution in [0.25, 0.3) is 0 Å². The lowest BCUT2D eigenvalue weighted by Gasteiger charge is -2.08. The monoisotopic (exact) mass is 213 g/mol. The molecule has 0 saturated heterocycles. The molecule has 0 bridgehead atoms. The second-order valence-corrected chi connectivity index (χ2v) is 3.63. The Bertz CT molecular complexity index is 449. The first-order valence-electron chi connectivity index (χ1n) is 5.24. The van der Waals surface area contributed by atoms with E-state index < -0.39 is 6.10 Å². The molecule has 0 saturated carbocycles. The minimum absolute atomic E-state index is 0.700. The van der Waals surface area contributed by atoms with Gasteiger partial charge in [0.25, 0.3) is 0 Å². The molecule has 1 atom stereocenters. The highest BCUT2D eigenvalue weighted by Crippen LogP contribution is 2.24. The summed E-state index contributed by atoms with van der Waals surface area (Å²) in [6.07, 6.45) is -0.723. The van der Waals surface area contributed by atoms with Gasteiger partial charge in [0.2, 0.25) is 0 Å². The molecule has 2 nitrogen and oxygen atoms in total. The van der Waals surface area contributed by atoms with Gasteiger partial charge in [-0.2, -0.15) is 0 Å². The molecular weight excluding hydrogens is 200 g/mol. The summed E-state index contributed by atoms with van der Waals surface area (Å²) in [4.78, 5) is 0. The Hall–Kier alpha value is -1.80. The molecule has 0 unspecified atom stereocenters. The van der Waals surface area contributed by atoms with Crippen molar-refractivity contribution < 1.29 is 9.84 Å². The first-order chi connectivity index (χ1) is 7.75. The molecular formula is C14H13O2. The van der Waals surface area contributed by atoms with Crippen molar-refractivity contribution in [1.29, 1.82) is 0 Å². The van der Waals surface area contributed by atoms with E-state index in [0.29, 0.717) is 5.75 Å². The average Bonchev–Trinajstić information content (AvgIpc) is 2.30. The Balaban J connectivity index is 2.19. The molecule has 0 aliphatic carbocycles. The van der Waals surface area contributed by atoms with Crippen LogP contribution in [0.3, 0.4) is 0 Å². The van der Waals surface area contributed by atoms with Crippen LogP contribution in [-0.4, -0.2) is 0 Å². The van der Waals surface area contributed by atoms with Crippen molar-refractivity contribution in [3.8, 4) is 11.5 Å². The van der Waals surface area contributed by atoms with Crippen LogP contribution in [0.1, 0.15) is 18.6 Å². The van der Waals surface area contributed by atoms with Crippen molar-refractivity contribution in [3.05, 3.63) is 60.2 Å². The predicted octanol–water partition coefficient (Wildman–Crippen LogP) is 3.97. The lowest BCUT2D eigenvalue weighted by Crippen LogP contribution is -1.90. The van der Waals surface area contributed by atoms with Gasteiger partial charge in [0.15, 0.2) is 0 Å². The second kappa shape index (κ2) is 4.81. The SMILES string of the molecule is C[C@H]([O])c1cccc(Oc2ccccc2)c1. The van der Waals surface area contributed by atoms with Crippen molar-refractivity contribution in [2.45, 2.75) is 13.0 Å². The summed E-state index contributed by atoms with van der Waals surface area (Å²) < 4.78 is 5.63. The lowest BCUT2D eigenvalue weighted by atomic mass is 10.1. The molecule has 0 N–H and O–H groups in total. The van der Waals surface area contributed by atoms with Gasteiger partial charge in [0.05, 0.1) is 0 Å². The number of para-hydroxylation sites is 1. The number of benzene rings is 2. The van der Waals surface area contributed by atoms with E-state index >= 15 is 0 Å². The van der Waals surface area contributed by atoms with Crippen molar-refractivity contribution >= 4 is 0 Å². The quantitative estimate of drug-likeness (QED) is 0.758. The summed E-state index contributed by atoms with van der Waals surface area (Å²) in [6.45, 7) is 1.63. The number of hydrogen-bond donors (Lipinski definition) is 0. The van der Waals surface area contributed by atoms with Gasteiger partial charge in [-0.05, 0) is 36.8 Å². The summed E-state index contributed by atoms with van der Waals surface area (Å²) in [5.74, 6) is 1.48. The van der Waals surface area contributed by atoms with Crippen LogP contribution in [0.15, 0.2) is 54.6 Å². The van der Waals surface area contributed by atoms with Crippen molar-refractivity contribution in [2.75, 3.05) is 0 Å². The molecule has 1 radical (unpaired) electrons. The zero-order valence-electron chi connectivity index (χ0n) is 9.09. The number of ether oxygens (including phenoxy) is 1. The molecule has 0 aromatic heterocycles. The molecule has 0 spiro atoms.